The number of halogens is 1. The van der Waals surface area contributed by atoms with E-state index in [0.717, 1.165) is 13.0 Å². The molecule has 2 nitrogen and oxygen atoms in total. The molecule has 0 aliphatic carbocycles. The molecule has 3 heteroatoms. The lowest BCUT2D eigenvalue weighted by Gasteiger charge is -2.09. The molecule has 0 radical (unpaired) electrons. The van der Waals surface area contributed by atoms with Crippen LogP contribution in [0.2, 0.25) is 0 Å². The van der Waals surface area contributed by atoms with Gasteiger partial charge in [0, 0.05) is 0 Å². The molecule has 78 valence electrons. The Balaban J connectivity index is 2.54. The lowest BCUT2D eigenvalue weighted by molar-refractivity contribution is 0.393. The van der Waals surface area contributed by atoms with Crippen molar-refractivity contribution in [3.05, 3.63) is 29.6 Å². The van der Waals surface area contributed by atoms with Crippen LogP contribution in [0.3, 0.4) is 0 Å². The van der Waals surface area contributed by atoms with E-state index < -0.39 is 5.82 Å². The Morgan fingerprint density at radius 3 is 2.71 bits per heavy atom. The zero-order valence-electron chi connectivity index (χ0n) is 8.63. The molecule has 1 aromatic carbocycles. The summed E-state index contributed by atoms with van der Waals surface area (Å²) in [5.74, 6) is -0.737. The van der Waals surface area contributed by atoms with E-state index in [-0.39, 0.29) is 5.75 Å². The van der Waals surface area contributed by atoms with Gasteiger partial charge in [-0.2, -0.15) is 0 Å². The van der Waals surface area contributed by atoms with Crippen molar-refractivity contribution in [3.8, 4) is 5.75 Å². The molecular weight excluding hydrogens is 181 g/mol. The van der Waals surface area contributed by atoms with E-state index in [0.29, 0.717) is 12.0 Å². The third kappa shape index (κ3) is 3.00. The van der Waals surface area contributed by atoms with Crippen LogP contribution < -0.4 is 0 Å². The first kappa shape index (κ1) is 11.0. The van der Waals surface area contributed by atoms with Crippen molar-refractivity contribution >= 4 is 0 Å². The number of hydrogen-bond donors (Lipinski definition) is 1. The minimum atomic E-state index is -0.535. The van der Waals surface area contributed by atoms with Gasteiger partial charge in [0.05, 0.1) is 0 Å². The maximum absolute atomic E-state index is 12.9. The highest BCUT2D eigenvalue weighted by molar-refractivity contribution is 5.33. The zero-order valence-corrected chi connectivity index (χ0v) is 8.63. The summed E-state index contributed by atoms with van der Waals surface area (Å²) in [4.78, 5) is 2.07. The van der Waals surface area contributed by atoms with Gasteiger partial charge in [-0.3, -0.25) is 0 Å². The van der Waals surface area contributed by atoms with E-state index >= 15 is 0 Å². The summed E-state index contributed by atoms with van der Waals surface area (Å²) >= 11 is 0. The monoisotopic (exact) mass is 197 g/mol. The van der Waals surface area contributed by atoms with Gasteiger partial charge in [0.2, 0.25) is 0 Å². The number of rotatable bonds is 4. The van der Waals surface area contributed by atoms with Gasteiger partial charge in [-0.05, 0) is 45.1 Å². The fraction of sp³-hybridized carbons (Fsp3) is 0.455. The molecule has 1 aromatic rings. The summed E-state index contributed by atoms with van der Waals surface area (Å²) in [7, 11) is 3.98. The van der Waals surface area contributed by atoms with Gasteiger partial charge in [0.15, 0.2) is 11.6 Å². The normalized spacial score (nSPS) is 10.9. The number of benzene rings is 1. The fourth-order valence-electron chi connectivity index (χ4n) is 1.35. The summed E-state index contributed by atoms with van der Waals surface area (Å²) in [6.07, 6.45) is 1.63. The summed E-state index contributed by atoms with van der Waals surface area (Å²) in [5, 5.41) is 9.37. The third-order valence-corrected chi connectivity index (χ3v) is 2.12. The molecule has 0 amide bonds. The van der Waals surface area contributed by atoms with Crippen molar-refractivity contribution < 1.29 is 9.50 Å². The molecule has 0 heterocycles. The second kappa shape index (κ2) is 4.96. The molecule has 0 unspecified atom stereocenters. The molecule has 1 N–H and O–H groups in total. The van der Waals surface area contributed by atoms with E-state index in [2.05, 4.69) is 4.90 Å². The molecule has 0 saturated carbocycles. The smallest absolute Gasteiger partial charge is 0.165 e. The van der Waals surface area contributed by atoms with Crippen LogP contribution in [0.1, 0.15) is 12.0 Å². The van der Waals surface area contributed by atoms with Crippen molar-refractivity contribution in [2.24, 2.45) is 0 Å². The summed E-state index contributed by atoms with van der Waals surface area (Å²) in [5.41, 5.74) is 0.687. The van der Waals surface area contributed by atoms with Crippen LogP contribution in [-0.2, 0) is 6.42 Å². The molecule has 0 bridgehead atoms. The Hall–Kier alpha value is -1.09. The Morgan fingerprint density at radius 2 is 2.07 bits per heavy atom. The van der Waals surface area contributed by atoms with Crippen molar-refractivity contribution in [2.75, 3.05) is 20.6 Å². The molecule has 0 aromatic heterocycles. The molecular formula is C11H16FNO. The van der Waals surface area contributed by atoms with Gasteiger partial charge < -0.3 is 10.0 Å². The first-order valence-corrected chi connectivity index (χ1v) is 4.72. The van der Waals surface area contributed by atoms with E-state index in [9.17, 15) is 9.50 Å². The Labute approximate surface area is 84.0 Å². The van der Waals surface area contributed by atoms with Crippen LogP contribution in [0.4, 0.5) is 4.39 Å². The highest BCUT2D eigenvalue weighted by Crippen LogP contribution is 2.21. The lowest BCUT2D eigenvalue weighted by Crippen LogP contribution is -2.13. The van der Waals surface area contributed by atoms with Crippen molar-refractivity contribution in [1.82, 2.24) is 4.90 Å². The Kier molecular flexibility index (Phi) is 3.89. The molecule has 0 spiro atoms. The maximum Gasteiger partial charge on any atom is 0.165 e. The molecule has 0 fully saturated rings. The number of hydrogen-bond acceptors (Lipinski definition) is 2. The van der Waals surface area contributed by atoms with Gasteiger partial charge in [0.25, 0.3) is 0 Å². The van der Waals surface area contributed by atoms with Crippen LogP contribution in [0.5, 0.6) is 5.75 Å². The minimum Gasteiger partial charge on any atom is -0.505 e. The van der Waals surface area contributed by atoms with Crippen LogP contribution >= 0.6 is 0 Å². The van der Waals surface area contributed by atoms with Gasteiger partial charge >= 0.3 is 0 Å². The number of phenolic OH excluding ortho intramolecular Hbond substituents is 1. The Morgan fingerprint density at radius 1 is 1.36 bits per heavy atom. The van der Waals surface area contributed by atoms with E-state index in [1.54, 1.807) is 12.1 Å². The van der Waals surface area contributed by atoms with Crippen LogP contribution in [-0.4, -0.2) is 30.6 Å². The zero-order chi connectivity index (χ0) is 10.6. The average molecular weight is 197 g/mol. The van der Waals surface area contributed by atoms with E-state index in [4.69, 9.17) is 0 Å². The number of nitrogens with zero attached hydrogens (tertiary/aromatic N) is 1. The highest BCUT2D eigenvalue weighted by atomic mass is 19.1. The number of aromatic hydroxyl groups is 1. The molecule has 0 aliphatic rings. The first-order chi connectivity index (χ1) is 6.61. The van der Waals surface area contributed by atoms with Gasteiger partial charge in [0.1, 0.15) is 0 Å². The maximum atomic E-state index is 12.9. The van der Waals surface area contributed by atoms with Crippen LogP contribution in [0.25, 0.3) is 0 Å². The van der Waals surface area contributed by atoms with Crippen molar-refractivity contribution in [1.29, 1.82) is 0 Å². The predicted molar refractivity (Wildman–Crippen MR) is 54.9 cm³/mol. The minimum absolute atomic E-state index is 0.203. The second-order valence-electron chi connectivity index (χ2n) is 3.65. The third-order valence-electron chi connectivity index (χ3n) is 2.12. The van der Waals surface area contributed by atoms with Crippen molar-refractivity contribution in [2.45, 2.75) is 12.8 Å². The summed E-state index contributed by atoms with van der Waals surface area (Å²) in [6, 6.07) is 4.65. The Bertz CT molecular complexity index is 299. The van der Waals surface area contributed by atoms with Gasteiger partial charge in [-0.15, -0.1) is 0 Å². The van der Waals surface area contributed by atoms with E-state index in [1.165, 1.54) is 6.07 Å². The number of phenols is 1. The predicted octanol–water partition coefficient (Wildman–Crippen LogP) is 2.03. The van der Waals surface area contributed by atoms with Crippen LogP contribution in [0, 0.1) is 5.82 Å². The molecule has 0 aliphatic heterocycles. The van der Waals surface area contributed by atoms with Crippen LogP contribution in [0.15, 0.2) is 18.2 Å². The molecule has 0 atom stereocenters. The first-order valence-electron chi connectivity index (χ1n) is 4.72. The molecule has 14 heavy (non-hydrogen) atoms. The number of para-hydroxylation sites is 1. The summed E-state index contributed by atoms with van der Waals surface area (Å²) < 4.78 is 12.9. The van der Waals surface area contributed by atoms with E-state index in [1.807, 2.05) is 14.1 Å². The highest BCUT2D eigenvalue weighted by Gasteiger charge is 2.05. The summed E-state index contributed by atoms with van der Waals surface area (Å²) in [6.45, 7) is 0.940. The average Bonchev–Trinajstić information content (AvgIpc) is 2.12. The largest absolute Gasteiger partial charge is 0.505 e. The second-order valence-corrected chi connectivity index (χ2v) is 3.65. The molecule has 0 saturated heterocycles. The fourth-order valence-corrected chi connectivity index (χ4v) is 1.35. The van der Waals surface area contributed by atoms with Gasteiger partial charge in [-0.25, -0.2) is 4.39 Å². The quantitative estimate of drug-likeness (QED) is 0.798. The van der Waals surface area contributed by atoms with Gasteiger partial charge in [-0.1, -0.05) is 12.1 Å². The lowest BCUT2D eigenvalue weighted by atomic mass is 10.1. The standard InChI is InChI=1S/C11H16FNO/c1-13(2)8-4-6-9-5-3-7-10(12)11(9)14/h3,5,7,14H,4,6,8H2,1-2H3. The van der Waals surface area contributed by atoms with Crippen molar-refractivity contribution in [3.63, 3.8) is 0 Å². The SMILES string of the molecule is CN(C)CCCc1cccc(F)c1O. The number of aryl methyl sites for hydroxylation is 1. The molecule has 1 rings (SSSR count). The topological polar surface area (TPSA) is 23.5 Å².